The van der Waals surface area contributed by atoms with Gasteiger partial charge in [0.25, 0.3) is 0 Å². The van der Waals surface area contributed by atoms with Crippen molar-refractivity contribution in [3.05, 3.63) is 11.8 Å². The van der Waals surface area contributed by atoms with Gasteiger partial charge in [-0.1, -0.05) is 6.08 Å². The zero-order chi connectivity index (χ0) is 6.69. The minimum Gasteiger partial charge on any atom is -0.390 e. The largest absolute Gasteiger partial charge is 0.390 e. The Morgan fingerprint density at radius 3 is 3.00 bits per heavy atom. The number of aliphatic hydroxyl groups excluding tert-OH is 1. The summed E-state index contributed by atoms with van der Waals surface area (Å²) in [6.45, 7) is 0.375. The second-order valence-corrected chi connectivity index (χ2v) is 1.98. The number of nitrogens with one attached hydrogen (secondary N) is 1. The van der Waals surface area contributed by atoms with E-state index >= 15 is 0 Å². The molecule has 0 aromatic carbocycles. The van der Waals surface area contributed by atoms with Crippen LogP contribution in [-0.4, -0.2) is 24.0 Å². The minimum absolute atomic E-state index is 0.00722. The molecule has 0 unspecified atom stereocenters. The maximum atomic E-state index is 10.5. The summed E-state index contributed by atoms with van der Waals surface area (Å²) in [6, 6.07) is 0. The van der Waals surface area contributed by atoms with Crippen molar-refractivity contribution < 1.29 is 9.90 Å². The summed E-state index contributed by atoms with van der Waals surface area (Å²) in [5.41, 5.74) is 0.759. The van der Waals surface area contributed by atoms with Crippen LogP contribution in [-0.2, 0) is 4.79 Å². The predicted molar refractivity (Wildman–Crippen MR) is 32.8 cm³/mol. The van der Waals surface area contributed by atoms with Crippen molar-refractivity contribution >= 4 is 5.78 Å². The quantitative estimate of drug-likeness (QED) is 0.495. The highest BCUT2D eigenvalue weighted by Crippen LogP contribution is 1.97. The molecular weight excluding hydrogens is 118 g/mol. The van der Waals surface area contributed by atoms with E-state index in [1.165, 1.54) is 0 Å². The molecule has 0 atom stereocenters. The van der Waals surface area contributed by atoms with Gasteiger partial charge in [0.2, 0.25) is 0 Å². The van der Waals surface area contributed by atoms with Gasteiger partial charge in [-0.25, -0.2) is 0 Å². The Morgan fingerprint density at radius 2 is 2.56 bits per heavy atom. The van der Waals surface area contributed by atoms with Crippen molar-refractivity contribution in [3.8, 4) is 0 Å². The maximum absolute atomic E-state index is 10.5. The number of aliphatic hydroxyl groups is 1. The van der Waals surface area contributed by atoms with Gasteiger partial charge in [0.05, 0.1) is 13.2 Å². The van der Waals surface area contributed by atoms with E-state index in [-0.39, 0.29) is 12.4 Å². The average Bonchev–Trinajstić information content (AvgIpc) is 1.90. The van der Waals surface area contributed by atoms with Crippen molar-refractivity contribution in [2.75, 3.05) is 13.2 Å². The number of allylic oxidation sites excluding steroid dienone is 1. The van der Waals surface area contributed by atoms with Crippen molar-refractivity contribution in [3.63, 3.8) is 0 Å². The van der Waals surface area contributed by atoms with Crippen LogP contribution >= 0.6 is 0 Å². The summed E-state index contributed by atoms with van der Waals surface area (Å²) in [5.74, 6) is 0.173. The summed E-state index contributed by atoms with van der Waals surface area (Å²) < 4.78 is 0. The molecule has 3 nitrogen and oxygen atoms in total. The van der Waals surface area contributed by atoms with Crippen LogP contribution < -0.4 is 5.32 Å². The molecule has 2 N–H and O–H groups in total. The van der Waals surface area contributed by atoms with E-state index in [0.717, 1.165) is 5.70 Å². The second-order valence-electron chi connectivity index (χ2n) is 1.98. The van der Waals surface area contributed by atoms with Crippen molar-refractivity contribution in [2.45, 2.75) is 6.42 Å². The van der Waals surface area contributed by atoms with E-state index in [1.807, 2.05) is 0 Å². The van der Waals surface area contributed by atoms with Gasteiger partial charge >= 0.3 is 0 Å². The highest BCUT2D eigenvalue weighted by atomic mass is 16.3. The fraction of sp³-hybridized carbons (Fsp3) is 0.500. The Balaban J connectivity index is 2.50. The lowest BCUT2D eigenvalue weighted by Crippen LogP contribution is -2.27. The van der Waals surface area contributed by atoms with Gasteiger partial charge in [0, 0.05) is 12.1 Å². The normalized spacial score (nSPS) is 18.8. The number of hydrogen-bond acceptors (Lipinski definition) is 3. The average molecular weight is 127 g/mol. The first-order chi connectivity index (χ1) is 4.33. The summed E-state index contributed by atoms with van der Waals surface area (Å²) in [4.78, 5) is 10.5. The molecule has 0 aromatic heterocycles. The molecule has 0 radical (unpaired) electrons. The van der Waals surface area contributed by atoms with Gasteiger partial charge in [-0.05, 0) is 0 Å². The smallest absolute Gasteiger partial charge is 0.155 e. The van der Waals surface area contributed by atoms with E-state index in [1.54, 1.807) is 6.08 Å². The van der Waals surface area contributed by atoms with Gasteiger partial charge in [-0.3, -0.25) is 4.79 Å². The second kappa shape index (κ2) is 2.64. The van der Waals surface area contributed by atoms with E-state index in [0.29, 0.717) is 13.0 Å². The molecule has 0 aliphatic carbocycles. The molecule has 1 heterocycles. The van der Waals surface area contributed by atoms with Crippen molar-refractivity contribution in [1.82, 2.24) is 5.32 Å². The van der Waals surface area contributed by atoms with Gasteiger partial charge < -0.3 is 10.4 Å². The maximum Gasteiger partial charge on any atom is 0.155 e. The summed E-state index contributed by atoms with van der Waals surface area (Å²) >= 11 is 0. The third kappa shape index (κ3) is 1.54. The third-order valence-corrected chi connectivity index (χ3v) is 1.26. The van der Waals surface area contributed by atoms with Gasteiger partial charge in [-0.2, -0.15) is 0 Å². The van der Waals surface area contributed by atoms with Crippen molar-refractivity contribution in [1.29, 1.82) is 0 Å². The van der Waals surface area contributed by atoms with Crippen LogP contribution in [0.2, 0.25) is 0 Å². The molecule has 50 valence electrons. The number of carbonyl (C=O) groups is 1. The molecule has 0 saturated heterocycles. The summed E-state index contributed by atoms with van der Waals surface area (Å²) in [7, 11) is 0. The number of rotatable bonds is 1. The Morgan fingerprint density at radius 1 is 1.78 bits per heavy atom. The SMILES string of the molecule is O=C1CC=C(CO)NC1. The lowest BCUT2D eigenvalue weighted by Gasteiger charge is -2.11. The van der Waals surface area contributed by atoms with Gasteiger partial charge in [0.15, 0.2) is 5.78 Å². The molecule has 1 aliphatic heterocycles. The molecular formula is C6H9NO2. The molecule has 0 fully saturated rings. The van der Waals surface area contributed by atoms with Crippen molar-refractivity contribution in [2.24, 2.45) is 0 Å². The molecule has 0 aromatic rings. The van der Waals surface area contributed by atoms with Crippen LogP contribution in [0.1, 0.15) is 6.42 Å². The van der Waals surface area contributed by atoms with Crippen LogP contribution in [0.4, 0.5) is 0 Å². The molecule has 1 rings (SSSR count). The van der Waals surface area contributed by atoms with E-state index < -0.39 is 0 Å². The molecule has 0 spiro atoms. The molecule has 1 aliphatic rings. The summed E-state index contributed by atoms with van der Waals surface area (Å²) in [5, 5.41) is 11.3. The lowest BCUT2D eigenvalue weighted by atomic mass is 10.2. The zero-order valence-electron chi connectivity index (χ0n) is 5.05. The first-order valence-electron chi connectivity index (χ1n) is 2.88. The number of Topliss-reactive ketones (excluding diaryl/α,β-unsaturated/α-hetero) is 1. The first-order valence-corrected chi connectivity index (χ1v) is 2.88. The van der Waals surface area contributed by atoms with Crippen LogP contribution in [0, 0.1) is 0 Å². The van der Waals surface area contributed by atoms with E-state index in [9.17, 15) is 4.79 Å². The topological polar surface area (TPSA) is 49.3 Å². The Hall–Kier alpha value is -0.830. The number of hydrogen-bond donors (Lipinski definition) is 2. The molecule has 9 heavy (non-hydrogen) atoms. The third-order valence-electron chi connectivity index (χ3n) is 1.26. The highest BCUT2D eigenvalue weighted by Gasteiger charge is 2.06. The number of ketones is 1. The monoisotopic (exact) mass is 127 g/mol. The standard InChI is InChI=1S/C6H9NO2/c8-4-5-1-2-6(9)3-7-5/h1,7-8H,2-4H2. The first kappa shape index (κ1) is 6.29. The molecule has 0 bridgehead atoms. The Bertz CT molecular complexity index is 151. The molecule has 0 amide bonds. The van der Waals surface area contributed by atoms with Gasteiger partial charge in [-0.15, -0.1) is 0 Å². The zero-order valence-corrected chi connectivity index (χ0v) is 5.05. The predicted octanol–water partition coefficient (Wildman–Crippen LogP) is -0.575. The van der Waals surface area contributed by atoms with E-state index in [4.69, 9.17) is 5.11 Å². The van der Waals surface area contributed by atoms with Crippen LogP contribution in [0.15, 0.2) is 11.8 Å². The van der Waals surface area contributed by atoms with Crippen LogP contribution in [0.25, 0.3) is 0 Å². The van der Waals surface area contributed by atoms with E-state index in [2.05, 4.69) is 5.32 Å². The Labute approximate surface area is 53.4 Å². The minimum atomic E-state index is 0.00722. The summed E-state index contributed by atoms with van der Waals surface area (Å²) in [6.07, 6.45) is 2.18. The van der Waals surface area contributed by atoms with Gasteiger partial charge in [0.1, 0.15) is 0 Å². The highest BCUT2D eigenvalue weighted by molar-refractivity contribution is 5.83. The Kier molecular flexibility index (Phi) is 1.85. The molecule has 3 heteroatoms. The number of carbonyl (C=O) groups excluding carboxylic acids is 1. The van der Waals surface area contributed by atoms with Crippen LogP contribution in [0.3, 0.4) is 0 Å². The fourth-order valence-corrected chi connectivity index (χ4v) is 0.714. The molecule has 0 saturated carbocycles. The van der Waals surface area contributed by atoms with Crippen LogP contribution in [0.5, 0.6) is 0 Å². The fourth-order valence-electron chi connectivity index (χ4n) is 0.714. The lowest BCUT2D eigenvalue weighted by molar-refractivity contribution is -0.117.